The molecule has 1 aromatic heterocycles. The molecule has 2 N–H and O–H groups in total. The molecule has 0 saturated carbocycles. The van der Waals surface area contributed by atoms with Crippen LogP contribution in [0.5, 0.6) is 0 Å². The molecule has 0 amide bonds. The van der Waals surface area contributed by atoms with Crippen molar-refractivity contribution in [1.82, 2.24) is 9.97 Å². The second-order valence-corrected chi connectivity index (χ2v) is 2.79. The Morgan fingerprint density at radius 2 is 2.00 bits per heavy atom. The molecule has 0 aliphatic carbocycles. The van der Waals surface area contributed by atoms with Crippen LogP contribution in [0.1, 0.15) is 11.4 Å². The highest BCUT2D eigenvalue weighted by Gasteiger charge is 2.17. The Bertz CT molecular complexity index is 278. The molecule has 3 nitrogen and oxygen atoms in total. The first-order valence-corrected chi connectivity index (χ1v) is 3.91. The highest BCUT2D eigenvalue weighted by atomic mass is 19.3. The van der Waals surface area contributed by atoms with E-state index in [1.54, 1.807) is 6.92 Å². The van der Waals surface area contributed by atoms with Gasteiger partial charge in [0.15, 0.2) is 0 Å². The third kappa shape index (κ3) is 2.69. The summed E-state index contributed by atoms with van der Waals surface area (Å²) in [4.78, 5) is 7.85. The topological polar surface area (TPSA) is 51.8 Å². The zero-order valence-corrected chi connectivity index (χ0v) is 7.24. The monoisotopic (exact) mass is 187 g/mol. The minimum atomic E-state index is -2.51. The molecular weight excluding hydrogens is 176 g/mol. The van der Waals surface area contributed by atoms with Crippen LogP contribution in [-0.2, 0) is 6.42 Å². The zero-order valence-electron chi connectivity index (χ0n) is 7.24. The van der Waals surface area contributed by atoms with Gasteiger partial charge in [-0.25, -0.2) is 8.78 Å². The van der Waals surface area contributed by atoms with Crippen molar-refractivity contribution >= 4 is 0 Å². The molecule has 0 spiro atoms. The quantitative estimate of drug-likeness (QED) is 0.765. The van der Waals surface area contributed by atoms with E-state index in [1.165, 1.54) is 12.4 Å². The number of aromatic nitrogens is 2. The Labute approximate surface area is 75.0 Å². The number of alkyl halides is 2. The number of rotatable bonds is 3. The van der Waals surface area contributed by atoms with Crippen LogP contribution in [0.15, 0.2) is 12.4 Å². The number of nitrogens with zero attached hydrogens (tertiary/aromatic N) is 2. The van der Waals surface area contributed by atoms with Crippen molar-refractivity contribution in [1.29, 1.82) is 0 Å². The summed E-state index contributed by atoms with van der Waals surface area (Å²) in [7, 11) is 0. The molecular formula is C8H11F2N3. The number of nitrogens with two attached hydrogens (primary N) is 1. The number of hydrogen-bond acceptors (Lipinski definition) is 3. The molecule has 0 aliphatic rings. The number of aryl methyl sites for hydroxylation is 1. The van der Waals surface area contributed by atoms with E-state index in [2.05, 4.69) is 9.97 Å². The SMILES string of the molecule is Cc1nccnc1CC(N)C(F)F. The summed E-state index contributed by atoms with van der Waals surface area (Å²) in [5.74, 6) is 0. The van der Waals surface area contributed by atoms with Crippen molar-refractivity contribution < 1.29 is 8.78 Å². The molecule has 1 rings (SSSR count). The average molecular weight is 187 g/mol. The van der Waals surface area contributed by atoms with Crippen LogP contribution in [0.3, 0.4) is 0 Å². The minimum Gasteiger partial charge on any atom is -0.323 e. The van der Waals surface area contributed by atoms with Gasteiger partial charge in [0, 0.05) is 18.8 Å². The first kappa shape index (κ1) is 9.98. The second kappa shape index (κ2) is 4.23. The zero-order chi connectivity index (χ0) is 9.84. The third-order valence-corrected chi connectivity index (χ3v) is 1.74. The van der Waals surface area contributed by atoms with Gasteiger partial charge in [-0.1, -0.05) is 0 Å². The summed E-state index contributed by atoms with van der Waals surface area (Å²) in [6.07, 6.45) is 0.548. The Morgan fingerprint density at radius 3 is 2.54 bits per heavy atom. The lowest BCUT2D eigenvalue weighted by Gasteiger charge is -2.10. The lowest BCUT2D eigenvalue weighted by Crippen LogP contribution is -2.31. The Hall–Kier alpha value is -1.10. The number of halogens is 2. The maximum atomic E-state index is 12.1. The lowest BCUT2D eigenvalue weighted by molar-refractivity contribution is 0.115. The van der Waals surface area contributed by atoms with Crippen LogP contribution in [0.4, 0.5) is 8.78 Å². The summed E-state index contributed by atoms with van der Waals surface area (Å²) < 4.78 is 24.1. The van der Waals surface area contributed by atoms with E-state index in [4.69, 9.17) is 5.73 Å². The largest absolute Gasteiger partial charge is 0.323 e. The summed E-state index contributed by atoms with van der Waals surface area (Å²) in [6.45, 7) is 1.72. The molecule has 1 aromatic rings. The van der Waals surface area contributed by atoms with Gasteiger partial charge in [-0.15, -0.1) is 0 Å². The molecule has 1 heterocycles. The molecule has 0 bridgehead atoms. The minimum absolute atomic E-state index is 0.0668. The highest BCUT2D eigenvalue weighted by molar-refractivity contribution is 5.09. The summed E-state index contributed by atoms with van der Waals surface area (Å²) in [5.41, 5.74) is 6.39. The van der Waals surface area contributed by atoms with Gasteiger partial charge in [-0.2, -0.15) is 0 Å². The maximum absolute atomic E-state index is 12.1. The summed E-state index contributed by atoms with van der Waals surface area (Å²) in [6, 6.07) is -1.16. The Balaban J connectivity index is 2.69. The summed E-state index contributed by atoms with van der Waals surface area (Å²) in [5, 5.41) is 0. The van der Waals surface area contributed by atoms with Crippen molar-refractivity contribution in [3.63, 3.8) is 0 Å². The third-order valence-electron chi connectivity index (χ3n) is 1.74. The van der Waals surface area contributed by atoms with Crippen molar-refractivity contribution in [2.45, 2.75) is 25.8 Å². The first-order chi connectivity index (χ1) is 6.11. The Morgan fingerprint density at radius 1 is 1.38 bits per heavy atom. The van der Waals surface area contributed by atoms with Crippen LogP contribution in [0.25, 0.3) is 0 Å². The van der Waals surface area contributed by atoms with E-state index < -0.39 is 12.5 Å². The van der Waals surface area contributed by atoms with Gasteiger partial charge >= 0.3 is 0 Å². The molecule has 0 radical (unpaired) electrons. The first-order valence-electron chi connectivity index (χ1n) is 3.91. The fourth-order valence-corrected chi connectivity index (χ4v) is 0.949. The van der Waals surface area contributed by atoms with Crippen molar-refractivity contribution in [3.05, 3.63) is 23.8 Å². The second-order valence-electron chi connectivity index (χ2n) is 2.79. The smallest absolute Gasteiger partial charge is 0.253 e. The van der Waals surface area contributed by atoms with Crippen LogP contribution in [0, 0.1) is 6.92 Å². The van der Waals surface area contributed by atoms with E-state index in [9.17, 15) is 8.78 Å². The van der Waals surface area contributed by atoms with Gasteiger partial charge in [-0.05, 0) is 6.92 Å². The molecule has 5 heteroatoms. The standard InChI is InChI=1S/C8H11F2N3/c1-5-7(13-3-2-12-5)4-6(11)8(9)10/h2-3,6,8H,4,11H2,1H3. The molecule has 13 heavy (non-hydrogen) atoms. The maximum Gasteiger partial charge on any atom is 0.253 e. The fourth-order valence-electron chi connectivity index (χ4n) is 0.949. The molecule has 0 saturated heterocycles. The van der Waals surface area contributed by atoms with Crippen LogP contribution < -0.4 is 5.73 Å². The fraction of sp³-hybridized carbons (Fsp3) is 0.500. The van der Waals surface area contributed by atoms with Gasteiger partial charge < -0.3 is 5.73 Å². The van der Waals surface area contributed by atoms with Gasteiger partial charge in [0.25, 0.3) is 6.43 Å². The van der Waals surface area contributed by atoms with Gasteiger partial charge in [0.1, 0.15) is 0 Å². The van der Waals surface area contributed by atoms with Crippen molar-refractivity contribution in [2.24, 2.45) is 5.73 Å². The predicted octanol–water partition coefficient (Wildman–Crippen LogP) is 0.920. The van der Waals surface area contributed by atoms with Crippen molar-refractivity contribution in [2.75, 3.05) is 0 Å². The highest BCUT2D eigenvalue weighted by Crippen LogP contribution is 2.07. The van der Waals surface area contributed by atoms with Crippen LogP contribution in [-0.4, -0.2) is 22.4 Å². The molecule has 72 valence electrons. The lowest BCUT2D eigenvalue weighted by atomic mass is 10.1. The summed E-state index contributed by atoms with van der Waals surface area (Å²) >= 11 is 0. The normalized spacial score (nSPS) is 13.3. The van der Waals surface area contributed by atoms with Crippen LogP contribution >= 0.6 is 0 Å². The molecule has 0 fully saturated rings. The number of hydrogen-bond donors (Lipinski definition) is 1. The van der Waals surface area contributed by atoms with Gasteiger partial charge in [0.2, 0.25) is 0 Å². The van der Waals surface area contributed by atoms with E-state index >= 15 is 0 Å². The average Bonchev–Trinajstić information content (AvgIpc) is 2.08. The molecule has 0 aromatic carbocycles. The predicted molar refractivity (Wildman–Crippen MR) is 44.5 cm³/mol. The molecule has 1 unspecified atom stereocenters. The van der Waals surface area contributed by atoms with Gasteiger partial charge in [-0.3, -0.25) is 9.97 Å². The molecule has 1 atom stereocenters. The van der Waals surface area contributed by atoms with E-state index in [-0.39, 0.29) is 6.42 Å². The van der Waals surface area contributed by atoms with E-state index in [1.807, 2.05) is 0 Å². The van der Waals surface area contributed by atoms with Crippen molar-refractivity contribution in [3.8, 4) is 0 Å². The Kier molecular flexibility index (Phi) is 3.25. The van der Waals surface area contributed by atoms with E-state index in [0.717, 1.165) is 0 Å². The van der Waals surface area contributed by atoms with Crippen LogP contribution in [0.2, 0.25) is 0 Å². The molecule has 0 aliphatic heterocycles. The van der Waals surface area contributed by atoms with E-state index in [0.29, 0.717) is 11.4 Å². The van der Waals surface area contributed by atoms with Gasteiger partial charge in [0.05, 0.1) is 17.4 Å².